The molecule has 2 aromatic rings. The molecule has 1 saturated heterocycles. The van der Waals surface area contributed by atoms with Crippen LogP contribution in [-0.2, 0) is 6.42 Å². The van der Waals surface area contributed by atoms with E-state index in [0.29, 0.717) is 43.1 Å². The van der Waals surface area contributed by atoms with Crippen molar-refractivity contribution < 1.29 is 14.3 Å². The molecular weight excluding hydrogens is 328 g/mol. The van der Waals surface area contributed by atoms with Crippen molar-refractivity contribution in [3.63, 3.8) is 0 Å². The Hall–Kier alpha value is -2.82. The van der Waals surface area contributed by atoms with Crippen molar-refractivity contribution in [1.29, 1.82) is 0 Å². The summed E-state index contributed by atoms with van der Waals surface area (Å²) < 4.78 is 5.36. The highest BCUT2D eigenvalue weighted by Gasteiger charge is 2.27. The molecule has 26 heavy (non-hydrogen) atoms. The van der Waals surface area contributed by atoms with Gasteiger partial charge in [-0.3, -0.25) is 9.59 Å². The summed E-state index contributed by atoms with van der Waals surface area (Å²) in [5.41, 5.74) is 2.38. The molecule has 0 unspecified atom stereocenters. The number of ether oxygens (including phenoxy) is 1. The van der Waals surface area contributed by atoms with Crippen LogP contribution in [0.1, 0.15) is 33.2 Å². The predicted octanol–water partition coefficient (Wildman–Crippen LogP) is 2.86. The lowest BCUT2D eigenvalue weighted by Gasteiger charge is -2.35. The lowest BCUT2D eigenvalue weighted by atomic mass is 10.1. The van der Waals surface area contributed by atoms with Crippen molar-refractivity contribution in [3.8, 4) is 5.75 Å². The second-order valence-corrected chi connectivity index (χ2v) is 6.34. The Morgan fingerprint density at radius 1 is 0.923 bits per heavy atom. The van der Waals surface area contributed by atoms with Gasteiger partial charge in [0.1, 0.15) is 5.75 Å². The third-order valence-electron chi connectivity index (χ3n) is 4.78. The van der Waals surface area contributed by atoms with Crippen LogP contribution in [0.15, 0.2) is 48.5 Å². The van der Waals surface area contributed by atoms with Gasteiger partial charge in [-0.05, 0) is 36.2 Å². The Morgan fingerprint density at radius 3 is 2.12 bits per heavy atom. The average molecular weight is 352 g/mol. The highest BCUT2D eigenvalue weighted by molar-refractivity contribution is 5.98. The SMILES string of the molecule is CCc1ccc(OC)c(C(=O)N2CCN(C(=O)c3ccccc3)CC2)c1. The molecule has 5 nitrogen and oxygen atoms in total. The van der Waals surface area contributed by atoms with E-state index in [4.69, 9.17) is 4.74 Å². The van der Waals surface area contributed by atoms with Crippen molar-refractivity contribution in [2.75, 3.05) is 33.3 Å². The highest BCUT2D eigenvalue weighted by atomic mass is 16.5. The zero-order valence-corrected chi connectivity index (χ0v) is 15.3. The number of hydrogen-bond donors (Lipinski definition) is 0. The number of nitrogens with zero attached hydrogens (tertiary/aromatic N) is 2. The Bertz CT molecular complexity index is 781. The molecule has 0 spiro atoms. The first-order valence-corrected chi connectivity index (χ1v) is 8.94. The molecule has 0 bridgehead atoms. The number of carbonyl (C=O) groups is 2. The Labute approximate surface area is 154 Å². The minimum atomic E-state index is -0.0380. The van der Waals surface area contributed by atoms with E-state index in [0.717, 1.165) is 12.0 Å². The first kappa shape index (κ1) is 18.0. The second kappa shape index (κ2) is 8.04. The maximum absolute atomic E-state index is 12.9. The predicted molar refractivity (Wildman–Crippen MR) is 101 cm³/mol. The quantitative estimate of drug-likeness (QED) is 0.850. The van der Waals surface area contributed by atoms with Crippen molar-refractivity contribution in [2.24, 2.45) is 0 Å². The van der Waals surface area contributed by atoms with Crippen molar-refractivity contribution in [1.82, 2.24) is 9.80 Å². The summed E-state index contributed by atoms with van der Waals surface area (Å²) in [6.07, 6.45) is 0.865. The minimum absolute atomic E-state index is 0.0169. The number of aryl methyl sites for hydroxylation is 1. The summed E-state index contributed by atoms with van der Waals surface area (Å²) in [5.74, 6) is 0.571. The van der Waals surface area contributed by atoms with Crippen LogP contribution in [0.25, 0.3) is 0 Å². The highest BCUT2D eigenvalue weighted by Crippen LogP contribution is 2.23. The molecule has 5 heteroatoms. The van der Waals surface area contributed by atoms with Crippen LogP contribution < -0.4 is 4.74 Å². The first-order valence-electron chi connectivity index (χ1n) is 8.94. The number of rotatable bonds is 4. The average Bonchev–Trinajstić information content (AvgIpc) is 2.73. The lowest BCUT2D eigenvalue weighted by Crippen LogP contribution is -2.50. The van der Waals surface area contributed by atoms with Crippen LogP contribution in [0, 0.1) is 0 Å². The molecular formula is C21H24N2O3. The number of carbonyl (C=O) groups excluding carboxylic acids is 2. The van der Waals surface area contributed by atoms with E-state index >= 15 is 0 Å². The van der Waals surface area contributed by atoms with Gasteiger partial charge in [0.2, 0.25) is 0 Å². The largest absolute Gasteiger partial charge is 0.496 e. The van der Waals surface area contributed by atoms with E-state index in [1.807, 2.05) is 48.5 Å². The molecule has 0 radical (unpaired) electrons. The van der Waals surface area contributed by atoms with Gasteiger partial charge in [-0.2, -0.15) is 0 Å². The van der Waals surface area contributed by atoms with Crippen LogP contribution in [0.4, 0.5) is 0 Å². The number of benzene rings is 2. The van der Waals surface area contributed by atoms with E-state index in [1.54, 1.807) is 16.9 Å². The van der Waals surface area contributed by atoms with Gasteiger partial charge in [0, 0.05) is 31.7 Å². The summed E-state index contributed by atoms with van der Waals surface area (Å²) in [6.45, 7) is 4.18. The van der Waals surface area contributed by atoms with Gasteiger partial charge in [-0.1, -0.05) is 31.2 Å². The summed E-state index contributed by atoms with van der Waals surface area (Å²) in [5, 5.41) is 0. The van der Waals surface area contributed by atoms with Gasteiger partial charge < -0.3 is 14.5 Å². The number of amides is 2. The third kappa shape index (κ3) is 3.72. The van der Waals surface area contributed by atoms with E-state index < -0.39 is 0 Å². The smallest absolute Gasteiger partial charge is 0.257 e. The van der Waals surface area contributed by atoms with E-state index in [2.05, 4.69) is 6.92 Å². The Kier molecular flexibility index (Phi) is 5.56. The van der Waals surface area contributed by atoms with Crippen molar-refractivity contribution in [2.45, 2.75) is 13.3 Å². The van der Waals surface area contributed by atoms with Crippen LogP contribution in [0.5, 0.6) is 5.75 Å². The standard InChI is InChI=1S/C21H24N2O3/c1-3-16-9-10-19(26-2)18(15-16)21(25)23-13-11-22(12-14-23)20(24)17-7-5-4-6-8-17/h4-10,15H,3,11-14H2,1-2H3. The molecule has 3 rings (SSSR count). The molecule has 0 saturated carbocycles. The fraction of sp³-hybridized carbons (Fsp3) is 0.333. The minimum Gasteiger partial charge on any atom is -0.496 e. The molecule has 1 aliphatic rings. The zero-order chi connectivity index (χ0) is 18.5. The monoisotopic (exact) mass is 352 g/mol. The summed E-state index contributed by atoms with van der Waals surface area (Å²) in [6, 6.07) is 15.0. The van der Waals surface area contributed by atoms with E-state index in [-0.39, 0.29) is 11.8 Å². The molecule has 0 aliphatic carbocycles. The van der Waals surface area contributed by atoms with Gasteiger partial charge in [0.15, 0.2) is 0 Å². The molecule has 1 heterocycles. The molecule has 2 aromatic carbocycles. The second-order valence-electron chi connectivity index (χ2n) is 6.34. The maximum Gasteiger partial charge on any atom is 0.257 e. The fourth-order valence-corrected chi connectivity index (χ4v) is 3.19. The normalized spacial score (nSPS) is 14.2. The molecule has 0 N–H and O–H groups in total. The Morgan fingerprint density at radius 2 is 1.54 bits per heavy atom. The van der Waals surface area contributed by atoms with Gasteiger partial charge in [0.05, 0.1) is 12.7 Å². The number of piperazine rings is 1. The van der Waals surface area contributed by atoms with E-state index in [1.165, 1.54) is 0 Å². The van der Waals surface area contributed by atoms with Crippen molar-refractivity contribution >= 4 is 11.8 Å². The van der Waals surface area contributed by atoms with Gasteiger partial charge >= 0.3 is 0 Å². The molecule has 1 fully saturated rings. The summed E-state index contributed by atoms with van der Waals surface area (Å²) >= 11 is 0. The molecule has 0 aromatic heterocycles. The molecule has 0 atom stereocenters. The molecule has 136 valence electrons. The summed E-state index contributed by atoms with van der Waals surface area (Å²) in [4.78, 5) is 29.1. The third-order valence-corrected chi connectivity index (χ3v) is 4.78. The van der Waals surface area contributed by atoms with Crippen LogP contribution in [0.3, 0.4) is 0 Å². The van der Waals surface area contributed by atoms with Gasteiger partial charge in [-0.15, -0.1) is 0 Å². The van der Waals surface area contributed by atoms with Crippen LogP contribution in [0.2, 0.25) is 0 Å². The molecule has 2 amide bonds. The fourth-order valence-electron chi connectivity index (χ4n) is 3.19. The molecule has 1 aliphatic heterocycles. The first-order chi connectivity index (χ1) is 12.6. The van der Waals surface area contributed by atoms with Gasteiger partial charge in [0.25, 0.3) is 11.8 Å². The lowest BCUT2D eigenvalue weighted by molar-refractivity contribution is 0.0533. The number of hydrogen-bond acceptors (Lipinski definition) is 3. The van der Waals surface area contributed by atoms with E-state index in [9.17, 15) is 9.59 Å². The van der Waals surface area contributed by atoms with Crippen molar-refractivity contribution in [3.05, 3.63) is 65.2 Å². The van der Waals surface area contributed by atoms with Crippen LogP contribution >= 0.6 is 0 Å². The van der Waals surface area contributed by atoms with Crippen LogP contribution in [-0.4, -0.2) is 54.9 Å². The maximum atomic E-state index is 12.9. The zero-order valence-electron chi connectivity index (χ0n) is 15.3. The Balaban J connectivity index is 1.68. The number of methoxy groups -OCH3 is 1. The van der Waals surface area contributed by atoms with Gasteiger partial charge in [-0.25, -0.2) is 0 Å². The summed E-state index contributed by atoms with van der Waals surface area (Å²) in [7, 11) is 1.58. The topological polar surface area (TPSA) is 49.9 Å².